The Morgan fingerprint density at radius 1 is 1.04 bits per heavy atom. The van der Waals surface area contributed by atoms with E-state index in [4.69, 9.17) is 15.0 Å². The minimum atomic E-state index is -0.640. The van der Waals surface area contributed by atoms with E-state index in [9.17, 15) is 14.4 Å². The van der Waals surface area contributed by atoms with Crippen LogP contribution in [0, 0.1) is 0 Å². The van der Waals surface area contributed by atoms with Gasteiger partial charge in [-0.1, -0.05) is 11.5 Å². The van der Waals surface area contributed by atoms with Crippen molar-refractivity contribution in [3.8, 4) is 0 Å². The minimum absolute atomic E-state index is 0.0741. The van der Waals surface area contributed by atoms with Crippen LogP contribution in [0.1, 0.15) is 52.4 Å². The van der Waals surface area contributed by atoms with Gasteiger partial charge in [0.25, 0.3) is 0 Å². The molecule has 9 nitrogen and oxygen atoms in total. The van der Waals surface area contributed by atoms with Gasteiger partial charge in [0.2, 0.25) is 5.91 Å². The first kappa shape index (κ1) is 21.7. The van der Waals surface area contributed by atoms with Crippen LogP contribution < -0.4 is 5.32 Å². The Balaban J connectivity index is 4.29. The van der Waals surface area contributed by atoms with Crippen molar-refractivity contribution in [2.45, 2.75) is 58.4 Å². The smallest absolute Gasteiger partial charge is 0.307 e. The van der Waals surface area contributed by atoms with Crippen molar-refractivity contribution in [3.05, 3.63) is 10.4 Å². The highest BCUT2D eigenvalue weighted by atomic mass is 16.5. The molecule has 0 aromatic heterocycles. The number of hydrogen-bond acceptors (Lipinski definition) is 6. The highest BCUT2D eigenvalue weighted by Crippen LogP contribution is 2.06. The predicted octanol–water partition coefficient (Wildman–Crippen LogP) is 2.25. The number of nitrogens with zero attached hydrogens (tertiary/aromatic N) is 3. The van der Waals surface area contributed by atoms with E-state index in [1.165, 1.54) is 0 Å². The summed E-state index contributed by atoms with van der Waals surface area (Å²) in [5.74, 6) is -1.18. The standard InChI is InChI=1S/C15H26N4O5/c1-3-23-14(21)10-12(11-15(22)24-4-2)18-13(20)8-6-5-7-9-17-19-16/h12H,3-11H2,1-2H3,(H,18,20). The average molecular weight is 342 g/mol. The van der Waals surface area contributed by atoms with Crippen LogP contribution in [0.4, 0.5) is 0 Å². The lowest BCUT2D eigenvalue weighted by Gasteiger charge is -2.17. The lowest BCUT2D eigenvalue weighted by Crippen LogP contribution is -2.38. The van der Waals surface area contributed by atoms with Gasteiger partial charge in [-0.3, -0.25) is 14.4 Å². The summed E-state index contributed by atoms with van der Waals surface area (Å²) in [5.41, 5.74) is 8.15. The summed E-state index contributed by atoms with van der Waals surface area (Å²) in [6, 6.07) is -0.640. The Morgan fingerprint density at radius 3 is 2.12 bits per heavy atom. The molecule has 0 aliphatic rings. The third-order valence-corrected chi connectivity index (χ3v) is 3.03. The number of amides is 1. The zero-order valence-corrected chi connectivity index (χ0v) is 14.3. The summed E-state index contributed by atoms with van der Waals surface area (Å²) >= 11 is 0. The maximum atomic E-state index is 11.9. The number of unbranched alkanes of at least 4 members (excludes halogenated alkanes) is 2. The fraction of sp³-hybridized carbons (Fsp3) is 0.800. The van der Waals surface area contributed by atoms with Gasteiger partial charge in [-0.15, -0.1) is 0 Å². The van der Waals surface area contributed by atoms with Crippen LogP contribution in [-0.4, -0.2) is 43.6 Å². The molecule has 0 radical (unpaired) electrons. The van der Waals surface area contributed by atoms with Gasteiger partial charge in [0, 0.05) is 23.9 Å². The molecule has 1 N–H and O–H groups in total. The number of rotatable bonds is 13. The molecule has 0 unspecified atom stereocenters. The Kier molecular flexibility index (Phi) is 13.0. The molecule has 0 aliphatic heterocycles. The summed E-state index contributed by atoms with van der Waals surface area (Å²) in [6.45, 7) is 4.26. The predicted molar refractivity (Wildman–Crippen MR) is 86.9 cm³/mol. The molecule has 0 bridgehead atoms. The first-order valence-electron chi connectivity index (χ1n) is 8.14. The number of azide groups is 1. The Morgan fingerprint density at radius 2 is 1.62 bits per heavy atom. The summed E-state index contributed by atoms with van der Waals surface area (Å²) < 4.78 is 9.70. The molecule has 0 fully saturated rings. The second-order valence-corrected chi connectivity index (χ2v) is 5.05. The molecule has 0 heterocycles. The molecule has 0 spiro atoms. The van der Waals surface area contributed by atoms with Crippen molar-refractivity contribution in [2.24, 2.45) is 5.11 Å². The minimum Gasteiger partial charge on any atom is -0.466 e. The summed E-state index contributed by atoms with van der Waals surface area (Å²) in [7, 11) is 0. The molecule has 9 heteroatoms. The second kappa shape index (κ2) is 14.3. The van der Waals surface area contributed by atoms with Crippen molar-refractivity contribution in [2.75, 3.05) is 19.8 Å². The molecular formula is C15H26N4O5. The normalized spacial score (nSPS) is 9.96. The topological polar surface area (TPSA) is 130 Å². The second-order valence-electron chi connectivity index (χ2n) is 5.05. The van der Waals surface area contributed by atoms with Crippen LogP contribution in [0.2, 0.25) is 0 Å². The molecule has 0 aromatic rings. The van der Waals surface area contributed by atoms with Crippen LogP contribution in [0.5, 0.6) is 0 Å². The van der Waals surface area contributed by atoms with Crippen LogP contribution in [-0.2, 0) is 23.9 Å². The molecule has 136 valence electrons. The van der Waals surface area contributed by atoms with E-state index in [1.54, 1.807) is 13.8 Å². The van der Waals surface area contributed by atoms with E-state index in [1.807, 2.05) is 0 Å². The van der Waals surface area contributed by atoms with E-state index in [2.05, 4.69) is 15.3 Å². The van der Waals surface area contributed by atoms with Crippen molar-refractivity contribution < 1.29 is 23.9 Å². The van der Waals surface area contributed by atoms with Gasteiger partial charge >= 0.3 is 11.9 Å². The third-order valence-electron chi connectivity index (χ3n) is 3.03. The van der Waals surface area contributed by atoms with Crippen LogP contribution in [0.3, 0.4) is 0 Å². The van der Waals surface area contributed by atoms with Gasteiger partial charge in [0.05, 0.1) is 26.1 Å². The number of hydrogen-bond donors (Lipinski definition) is 1. The maximum absolute atomic E-state index is 11.9. The number of carbonyl (C=O) groups excluding carboxylic acids is 3. The van der Waals surface area contributed by atoms with Crippen molar-refractivity contribution in [1.29, 1.82) is 0 Å². The SMILES string of the molecule is CCOC(=O)CC(CC(=O)OCC)NC(=O)CCCCCN=[N+]=[N-]. The summed E-state index contributed by atoms with van der Waals surface area (Å²) in [5, 5.41) is 6.09. The quantitative estimate of drug-likeness (QED) is 0.180. The largest absolute Gasteiger partial charge is 0.466 e. The number of carbonyl (C=O) groups is 3. The summed E-state index contributed by atoms with van der Waals surface area (Å²) in [4.78, 5) is 37.7. The molecule has 0 saturated carbocycles. The van der Waals surface area contributed by atoms with Crippen molar-refractivity contribution in [3.63, 3.8) is 0 Å². The lowest BCUT2D eigenvalue weighted by molar-refractivity contribution is -0.146. The van der Waals surface area contributed by atoms with E-state index in [-0.39, 0.29) is 38.4 Å². The van der Waals surface area contributed by atoms with E-state index in [0.717, 1.165) is 6.42 Å². The third kappa shape index (κ3) is 12.3. The fourth-order valence-electron chi connectivity index (χ4n) is 2.01. The van der Waals surface area contributed by atoms with Crippen LogP contribution in [0.15, 0.2) is 5.11 Å². The van der Waals surface area contributed by atoms with Gasteiger partial charge in [-0.2, -0.15) is 0 Å². The van der Waals surface area contributed by atoms with E-state index < -0.39 is 18.0 Å². The fourth-order valence-corrected chi connectivity index (χ4v) is 2.01. The first-order valence-corrected chi connectivity index (χ1v) is 8.14. The lowest BCUT2D eigenvalue weighted by atomic mass is 10.1. The van der Waals surface area contributed by atoms with Gasteiger partial charge in [0.15, 0.2) is 0 Å². The molecule has 0 saturated heterocycles. The highest BCUT2D eigenvalue weighted by molar-refractivity contribution is 5.79. The van der Waals surface area contributed by atoms with E-state index in [0.29, 0.717) is 19.4 Å². The van der Waals surface area contributed by atoms with Crippen molar-refractivity contribution >= 4 is 17.8 Å². The van der Waals surface area contributed by atoms with Gasteiger partial charge < -0.3 is 14.8 Å². The van der Waals surface area contributed by atoms with Crippen LogP contribution in [0.25, 0.3) is 10.4 Å². The van der Waals surface area contributed by atoms with Crippen LogP contribution >= 0.6 is 0 Å². The molecule has 0 aromatic carbocycles. The maximum Gasteiger partial charge on any atom is 0.307 e. The van der Waals surface area contributed by atoms with E-state index >= 15 is 0 Å². The Bertz CT molecular complexity index is 429. The first-order chi connectivity index (χ1) is 11.5. The number of ether oxygens (including phenoxy) is 2. The average Bonchev–Trinajstić information content (AvgIpc) is 2.51. The van der Waals surface area contributed by atoms with Gasteiger partial charge in [-0.05, 0) is 32.2 Å². The highest BCUT2D eigenvalue weighted by Gasteiger charge is 2.21. The molecule has 0 atom stereocenters. The zero-order valence-electron chi connectivity index (χ0n) is 14.3. The molecule has 0 rings (SSSR count). The number of esters is 2. The van der Waals surface area contributed by atoms with Gasteiger partial charge in [0.1, 0.15) is 0 Å². The summed E-state index contributed by atoms with van der Waals surface area (Å²) in [6.07, 6.45) is 2.24. The Labute approximate surface area is 141 Å². The molecule has 1 amide bonds. The molecule has 24 heavy (non-hydrogen) atoms. The zero-order chi connectivity index (χ0) is 18.2. The number of nitrogens with one attached hydrogen (secondary N) is 1. The Hall–Kier alpha value is -2.28. The molecule has 0 aliphatic carbocycles. The van der Waals surface area contributed by atoms with Gasteiger partial charge in [-0.25, -0.2) is 0 Å². The van der Waals surface area contributed by atoms with Crippen molar-refractivity contribution in [1.82, 2.24) is 5.32 Å². The molecular weight excluding hydrogens is 316 g/mol. The monoisotopic (exact) mass is 342 g/mol.